The van der Waals surface area contributed by atoms with E-state index in [9.17, 15) is 18.0 Å². The highest BCUT2D eigenvalue weighted by Gasteiger charge is 2.34. The number of nitrogens with one attached hydrogen (secondary N) is 1. The van der Waals surface area contributed by atoms with Gasteiger partial charge in [0.25, 0.3) is 0 Å². The highest BCUT2D eigenvalue weighted by molar-refractivity contribution is 6.30. The van der Waals surface area contributed by atoms with E-state index in [0.717, 1.165) is 12.1 Å². The molecule has 106 valence electrons. The first-order valence-corrected chi connectivity index (χ1v) is 6.09. The van der Waals surface area contributed by atoms with Gasteiger partial charge in [-0.2, -0.15) is 13.2 Å². The van der Waals surface area contributed by atoms with Crippen LogP contribution in [0.2, 0.25) is 5.02 Å². The maximum absolute atomic E-state index is 12.8. The number of anilines is 1. The van der Waals surface area contributed by atoms with Crippen LogP contribution in [-0.4, -0.2) is 12.5 Å². The van der Waals surface area contributed by atoms with Crippen molar-refractivity contribution >= 4 is 23.2 Å². The SMILES string of the molecule is NCCCCC(=O)Nc1ccc(Cl)cc1C(F)(F)F. The quantitative estimate of drug-likeness (QED) is 0.818. The molecule has 0 aliphatic rings. The molecule has 0 saturated heterocycles. The fourth-order valence-electron chi connectivity index (χ4n) is 1.50. The Kier molecular flexibility index (Phi) is 5.62. The Balaban J connectivity index is 2.80. The van der Waals surface area contributed by atoms with Crippen molar-refractivity contribution in [1.82, 2.24) is 0 Å². The summed E-state index contributed by atoms with van der Waals surface area (Å²) in [4.78, 5) is 11.5. The van der Waals surface area contributed by atoms with Crippen molar-refractivity contribution in [2.24, 2.45) is 5.73 Å². The molecule has 1 aromatic carbocycles. The number of amides is 1. The largest absolute Gasteiger partial charge is 0.418 e. The standard InChI is InChI=1S/C12H14ClF3N2O/c13-8-4-5-10(9(7-8)12(14,15)16)18-11(19)3-1-2-6-17/h4-5,7H,1-3,6,17H2,(H,18,19). The van der Waals surface area contributed by atoms with Crippen LogP contribution < -0.4 is 11.1 Å². The predicted octanol–water partition coefficient (Wildman–Crippen LogP) is 3.43. The van der Waals surface area contributed by atoms with Crippen LogP contribution in [0.15, 0.2) is 18.2 Å². The normalized spacial score (nSPS) is 11.4. The van der Waals surface area contributed by atoms with E-state index in [0.29, 0.717) is 19.4 Å². The minimum atomic E-state index is -4.56. The van der Waals surface area contributed by atoms with E-state index in [1.165, 1.54) is 6.07 Å². The van der Waals surface area contributed by atoms with Crippen LogP contribution in [0.5, 0.6) is 0 Å². The highest BCUT2D eigenvalue weighted by atomic mass is 35.5. The lowest BCUT2D eigenvalue weighted by atomic mass is 10.1. The molecule has 0 aliphatic carbocycles. The van der Waals surface area contributed by atoms with Crippen molar-refractivity contribution in [3.8, 4) is 0 Å². The Morgan fingerprint density at radius 3 is 2.58 bits per heavy atom. The molecule has 0 aliphatic heterocycles. The van der Waals surface area contributed by atoms with Crippen LogP contribution in [0.1, 0.15) is 24.8 Å². The fraction of sp³-hybridized carbons (Fsp3) is 0.417. The van der Waals surface area contributed by atoms with Crippen LogP contribution in [0.25, 0.3) is 0 Å². The molecule has 1 aromatic rings. The van der Waals surface area contributed by atoms with E-state index < -0.39 is 17.6 Å². The topological polar surface area (TPSA) is 55.1 Å². The number of halogens is 4. The zero-order valence-corrected chi connectivity index (χ0v) is 10.8. The Morgan fingerprint density at radius 2 is 2.00 bits per heavy atom. The third-order valence-electron chi connectivity index (χ3n) is 2.42. The van der Waals surface area contributed by atoms with Crippen molar-refractivity contribution < 1.29 is 18.0 Å². The first kappa shape index (κ1) is 15.8. The van der Waals surface area contributed by atoms with Gasteiger partial charge in [0.15, 0.2) is 0 Å². The molecule has 3 nitrogen and oxygen atoms in total. The zero-order valence-electron chi connectivity index (χ0n) is 10.1. The van der Waals surface area contributed by atoms with Gasteiger partial charge in [-0.05, 0) is 37.6 Å². The van der Waals surface area contributed by atoms with E-state index >= 15 is 0 Å². The number of hydrogen-bond donors (Lipinski definition) is 2. The second-order valence-electron chi connectivity index (χ2n) is 3.98. The van der Waals surface area contributed by atoms with Crippen molar-refractivity contribution in [2.75, 3.05) is 11.9 Å². The molecule has 0 fully saturated rings. The number of benzene rings is 1. The number of hydrogen-bond acceptors (Lipinski definition) is 2. The third kappa shape index (κ3) is 5.08. The second-order valence-corrected chi connectivity index (χ2v) is 4.42. The van der Waals surface area contributed by atoms with Gasteiger partial charge in [0.1, 0.15) is 0 Å². The summed E-state index contributed by atoms with van der Waals surface area (Å²) in [6.45, 7) is 0.446. The lowest BCUT2D eigenvalue weighted by molar-refractivity contribution is -0.137. The minimum absolute atomic E-state index is 0.0338. The van der Waals surface area contributed by atoms with Crippen molar-refractivity contribution in [3.63, 3.8) is 0 Å². The van der Waals surface area contributed by atoms with Gasteiger partial charge in [-0.25, -0.2) is 0 Å². The maximum atomic E-state index is 12.8. The third-order valence-corrected chi connectivity index (χ3v) is 2.65. The molecule has 0 heterocycles. The van der Waals surface area contributed by atoms with Gasteiger partial charge >= 0.3 is 6.18 Å². The average Bonchev–Trinajstić information content (AvgIpc) is 2.30. The van der Waals surface area contributed by atoms with Crippen molar-refractivity contribution in [3.05, 3.63) is 28.8 Å². The molecule has 7 heteroatoms. The second kappa shape index (κ2) is 6.77. The van der Waals surface area contributed by atoms with Gasteiger partial charge in [-0.1, -0.05) is 11.6 Å². The average molecular weight is 295 g/mol. The van der Waals surface area contributed by atoms with Gasteiger partial charge in [-0.3, -0.25) is 4.79 Å². The number of rotatable bonds is 5. The van der Waals surface area contributed by atoms with Gasteiger partial charge in [-0.15, -0.1) is 0 Å². The molecule has 0 radical (unpaired) electrons. The monoisotopic (exact) mass is 294 g/mol. The van der Waals surface area contributed by atoms with Gasteiger partial charge in [0.05, 0.1) is 11.3 Å². The van der Waals surface area contributed by atoms with E-state index in [2.05, 4.69) is 5.32 Å². The Labute approximate surface area is 113 Å². The molecule has 0 bridgehead atoms. The summed E-state index contributed by atoms with van der Waals surface area (Å²) in [5.74, 6) is -0.471. The number of unbranched alkanes of at least 4 members (excludes halogenated alkanes) is 1. The van der Waals surface area contributed by atoms with E-state index in [1.807, 2.05) is 0 Å². The van der Waals surface area contributed by atoms with E-state index in [4.69, 9.17) is 17.3 Å². The summed E-state index contributed by atoms with van der Waals surface area (Å²) in [5.41, 5.74) is 4.04. The van der Waals surface area contributed by atoms with E-state index in [1.54, 1.807) is 0 Å². The van der Waals surface area contributed by atoms with Crippen LogP contribution in [0.4, 0.5) is 18.9 Å². The molecule has 19 heavy (non-hydrogen) atoms. The molecule has 0 atom stereocenters. The lowest BCUT2D eigenvalue weighted by Gasteiger charge is -2.14. The van der Waals surface area contributed by atoms with Crippen LogP contribution >= 0.6 is 11.6 Å². The smallest absolute Gasteiger partial charge is 0.330 e. The molecule has 0 unspecified atom stereocenters. The van der Waals surface area contributed by atoms with Gasteiger partial charge in [0, 0.05) is 11.4 Å². The molecule has 3 N–H and O–H groups in total. The predicted molar refractivity (Wildman–Crippen MR) is 68.0 cm³/mol. The van der Waals surface area contributed by atoms with E-state index in [-0.39, 0.29) is 17.1 Å². The van der Waals surface area contributed by atoms with Crippen LogP contribution in [-0.2, 0) is 11.0 Å². The lowest BCUT2D eigenvalue weighted by Crippen LogP contribution is -2.16. The minimum Gasteiger partial charge on any atom is -0.330 e. The Hall–Kier alpha value is -1.27. The molecular formula is C12H14ClF3N2O. The number of carbonyl (C=O) groups is 1. The Morgan fingerprint density at radius 1 is 1.32 bits per heavy atom. The fourth-order valence-corrected chi connectivity index (χ4v) is 1.67. The summed E-state index contributed by atoms with van der Waals surface area (Å²) in [6.07, 6.45) is -3.24. The first-order valence-electron chi connectivity index (χ1n) is 5.71. The summed E-state index contributed by atoms with van der Waals surface area (Å²) >= 11 is 5.54. The zero-order chi connectivity index (χ0) is 14.5. The summed E-state index contributed by atoms with van der Waals surface area (Å²) in [7, 11) is 0. The molecule has 0 spiro atoms. The number of nitrogens with two attached hydrogens (primary N) is 1. The molecular weight excluding hydrogens is 281 g/mol. The molecule has 1 amide bonds. The summed E-state index contributed by atoms with van der Waals surface area (Å²) in [5, 5.41) is 2.21. The summed E-state index contributed by atoms with van der Waals surface area (Å²) < 4.78 is 38.3. The van der Waals surface area contributed by atoms with Gasteiger partial charge in [0.2, 0.25) is 5.91 Å². The number of carbonyl (C=O) groups excluding carboxylic acids is 1. The van der Waals surface area contributed by atoms with Crippen LogP contribution in [0.3, 0.4) is 0 Å². The van der Waals surface area contributed by atoms with Crippen molar-refractivity contribution in [2.45, 2.75) is 25.4 Å². The Bertz CT molecular complexity index is 449. The van der Waals surface area contributed by atoms with Crippen LogP contribution in [0, 0.1) is 0 Å². The molecule has 1 rings (SSSR count). The molecule has 0 aromatic heterocycles. The van der Waals surface area contributed by atoms with Crippen molar-refractivity contribution in [1.29, 1.82) is 0 Å². The van der Waals surface area contributed by atoms with Gasteiger partial charge < -0.3 is 11.1 Å². The first-order chi connectivity index (χ1) is 8.84. The maximum Gasteiger partial charge on any atom is 0.418 e. The highest BCUT2D eigenvalue weighted by Crippen LogP contribution is 2.36. The summed E-state index contributed by atoms with van der Waals surface area (Å²) in [6, 6.07) is 3.23. The molecule has 0 saturated carbocycles. The number of alkyl halides is 3.